The second-order valence-corrected chi connectivity index (χ2v) is 7.58. The van der Waals surface area contributed by atoms with Crippen LogP contribution in [0.1, 0.15) is 41.1 Å². The molecule has 0 spiro atoms. The molecule has 4 heteroatoms. The maximum atomic E-state index is 12.8. The summed E-state index contributed by atoms with van der Waals surface area (Å²) >= 11 is 0. The third kappa shape index (κ3) is 4.69. The van der Waals surface area contributed by atoms with E-state index in [-0.39, 0.29) is 5.91 Å². The van der Waals surface area contributed by atoms with Crippen LogP contribution in [0.3, 0.4) is 0 Å². The molecule has 1 atom stereocenters. The van der Waals surface area contributed by atoms with Crippen LogP contribution in [0.4, 0.5) is 0 Å². The molecule has 1 saturated heterocycles. The van der Waals surface area contributed by atoms with E-state index in [1.807, 2.05) is 24.1 Å². The van der Waals surface area contributed by atoms with Gasteiger partial charge in [0.15, 0.2) is 0 Å². The molecule has 144 valence electrons. The lowest BCUT2D eigenvalue weighted by Gasteiger charge is -2.27. The number of carbonyl (C=O) groups excluding carboxylic acids is 1. The summed E-state index contributed by atoms with van der Waals surface area (Å²) in [4.78, 5) is 17.0. The highest BCUT2D eigenvalue weighted by atomic mass is 16.5. The van der Waals surface area contributed by atoms with Crippen LogP contribution < -0.4 is 4.74 Å². The smallest absolute Gasteiger partial charge is 0.236 e. The van der Waals surface area contributed by atoms with E-state index in [0.717, 1.165) is 25.1 Å². The average Bonchev–Trinajstić information content (AvgIpc) is 3.12. The topological polar surface area (TPSA) is 32.8 Å². The molecule has 0 N–H and O–H groups in total. The first-order valence-electron chi connectivity index (χ1n) is 9.66. The van der Waals surface area contributed by atoms with Crippen molar-refractivity contribution in [2.45, 2.75) is 39.3 Å². The third-order valence-electron chi connectivity index (χ3n) is 5.53. The van der Waals surface area contributed by atoms with Gasteiger partial charge in [0.05, 0.1) is 13.7 Å². The van der Waals surface area contributed by atoms with Gasteiger partial charge < -0.3 is 9.64 Å². The van der Waals surface area contributed by atoms with Gasteiger partial charge in [0.2, 0.25) is 5.91 Å². The molecule has 1 unspecified atom stereocenters. The highest BCUT2D eigenvalue weighted by Gasteiger charge is 2.28. The normalized spacial score (nSPS) is 17.1. The van der Waals surface area contributed by atoms with Gasteiger partial charge in [-0.25, -0.2) is 0 Å². The van der Waals surface area contributed by atoms with Crippen molar-refractivity contribution in [2.24, 2.45) is 0 Å². The second kappa shape index (κ2) is 8.57. The van der Waals surface area contributed by atoms with Crippen molar-refractivity contribution in [1.29, 1.82) is 0 Å². The number of carbonyl (C=O) groups is 1. The van der Waals surface area contributed by atoms with Crippen molar-refractivity contribution in [3.63, 3.8) is 0 Å². The van der Waals surface area contributed by atoms with Crippen LogP contribution >= 0.6 is 0 Å². The quantitative estimate of drug-likeness (QED) is 0.771. The van der Waals surface area contributed by atoms with Crippen LogP contribution in [0.5, 0.6) is 5.75 Å². The fraction of sp³-hybridized carbons (Fsp3) is 0.435. The lowest BCUT2D eigenvalue weighted by Crippen LogP contribution is -2.38. The molecule has 1 aliphatic heterocycles. The number of ether oxygens (including phenoxy) is 1. The van der Waals surface area contributed by atoms with Crippen LogP contribution in [0, 0.1) is 13.8 Å². The largest absolute Gasteiger partial charge is 0.497 e. The van der Waals surface area contributed by atoms with E-state index in [2.05, 4.69) is 49.1 Å². The van der Waals surface area contributed by atoms with E-state index in [9.17, 15) is 4.79 Å². The Kier molecular flexibility index (Phi) is 6.17. The summed E-state index contributed by atoms with van der Waals surface area (Å²) in [6.07, 6.45) is 2.23. The fourth-order valence-electron chi connectivity index (χ4n) is 3.88. The zero-order chi connectivity index (χ0) is 19.4. The Morgan fingerprint density at radius 3 is 2.59 bits per heavy atom. The van der Waals surface area contributed by atoms with Gasteiger partial charge in [0.1, 0.15) is 5.75 Å². The van der Waals surface area contributed by atoms with Crippen molar-refractivity contribution in [2.75, 3.05) is 27.2 Å². The van der Waals surface area contributed by atoms with Gasteiger partial charge in [-0.1, -0.05) is 35.9 Å². The number of hydrogen-bond donors (Lipinski definition) is 0. The molecule has 2 aromatic carbocycles. The van der Waals surface area contributed by atoms with Crippen LogP contribution in [-0.4, -0.2) is 43.0 Å². The minimum Gasteiger partial charge on any atom is -0.497 e. The van der Waals surface area contributed by atoms with Crippen LogP contribution in [0.25, 0.3) is 0 Å². The van der Waals surface area contributed by atoms with Gasteiger partial charge in [-0.05, 0) is 62.1 Å². The van der Waals surface area contributed by atoms with E-state index in [4.69, 9.17) is 4.74 Å². The molecule has 1 aliphatic rings. The molecule has 0 aromatic heterocycles. The molecule has 1 amide bonds. The highest BCUT2D eigenvalue weighted by Crippen LogP contribution is 2.32. The molecule has 0 aliphatic carbocycles. The van der Waals surface area contributed by atoms with Crippen molar-refractivity contribution in [1.82, 2.24) is 9.80 Å². The molecule has 0 radical (unpaired) electrons. The Labute approximate surface area is 162 Å². The van der Waals surface area contributed by atoms with Crippen LogP contribution in [-0.2, 0) is 11.3 Å². The maximum Gasteiger partial charge on any atom is 0.236 e. The molecule has 3 rings (SSSR count). The molecule has 1 heterocycles. The molecule has 0 saturated carbocycles. The third-order valence-corrected chi connectivity index (χ3v) is 5.53. The molecule has 4 nitrogen and oxygen atoms in total. The molecule has 0 bridgehead atoms. The van der Waals surface area contributed by atoms with Gasteiger partial charge in [-0.3, -0.25) is 9.69 Å². The lowest BCUT2D eigenvalue weighted by molar-refractivity contribution is -0.131. The number of benzene rings is 2. The van der Waals surface area contributed by atoms with E-state index in [0.29, 0.717) is 19.1 Å². The number of aryl methyl sites for hydroxylation is 2. The van der Waals surface area contributed by atoms with Crippen molar-refractivity contribution < 1.29 is 9.53 Å². The summed E-state index contributed by atoms with van der Waals surface area (Å²) in [5, 5.41) is 0. The Bertz CT molecular complexity index is 785. The Morgan fingerprint density at radius 1 is 1.19 bits per heavy atom. The summed E-state index contributed by atoms with van der Waals surface area (Å²) in [5.41, 5.74) is 4.97. The molecule has 1 fully saturated rings. The van der Waals surface area contributed by atoms with Gasteiger partial charge in [-0.15, -0.1) is 0 Å². The Balaban J connectivity index is 1.63. The van der Waals surface area contributed by atoms with Gasteiger partial charge >= 0.3 is 0 Å². The highest BCUT2D eigenvalue weighted by molar-refractivity contribution is 5.78. The zero-order valence-electron chi connectivity index (χ0n) is 16.9. The number of methoxy groups -OCH3 is 1. The first-order valence-corrected chi connectivity index (χ1v) is 9.66. The minimum atomic E-state index is 0.176. The zero-order valence-corrected chi connectivity index (χ0v) is 16.9. The minimum absolute atomic E-state index is 0.176. The van der Waals surface area contributed by atoms with Gasteiger partial charge in [-0.2, -0.15) is 0 Å². The lowest BCUT2D eigenvalue weighted by atomic mass is 10.0. The van der Waals surface area contributed by atoms with Crippen LogP contribution in [0.2, 0.25) is 0 Å². The second-order valence-electron chi connectivity index (χ2n) is 7.58. The predicted molar refractivity (Wildman–Crippen MR) is 109 cm³/mol. The summed E-state index contributed by atoms with van der Waals surface area (Å²) in [6.45, 7) is 6.31. The summed E-state index contributed by atoms with van der Waals surface area (Å²) in [6, 6.07) is 15.0. The predicted octanol–water partition coefficient (Wildman–Crippen LogP) is 4.11. The summed E-state index contributed by atoms with van der Waals surface area (Å²) < 4.78 is 5.25. The summed E-state index contributed by atoms with van der Waals surface area (Å²) in [5.74, 6) is 1.04. The Morgan fingerprint density at radius 2 is 1.93 bits per heavy atom. The molecule has 2 aromatic rings. The molecule has 27 heavy (non-hydrogen) atoms. The molecular weight excluding hydrogens is 336 g/mol. The first-order chi connectivity index (χ1) is 13.0. The van der Waals surface area contributed by atoms with Gasteiger partial charge in [0.25, 0.3) is 0 Å². The number of amides is 1. The number of likely N-dealkylation sites (tertiary alicyclic amines) is 1. The van der Waals surface area contributed by atoms with Crippen LogP contribution in [0.15, 0.2) is 42.5 Å². The van der Waals surface area contributed by atoms with Gasteiger partial charge in [0, 0.05) is 19.6 Å². The number of hydrogen-bond acceptors (Lipinski definition) is 3. The average molecular weight is 367 g/mol. The van der Waals surface area contributed by atoms with Crippen molar-refractivity contribution in [3.8, 4) is 5.75 Å². The summed E-state index contributed by atoms with van der Waals surface area (Å²) in [7, 11) is 3.58. The van der Waals surface area contributed by atoms with E-state index >= 15 is 0 Å². The number of nitrogens with zero attached hydrogens (tertiary/aromatic N) is 2. The molecular formula is C23H30N2O2. The number of likely N-dealkylation sites (N-methyl/N-ethyl adjacent to an activating group) is 1. The first kappa shape index (κ1) is 19.4. The van der Waals surface area contributed by atoms with Crippen molar-refractivity contribution >= 4 is 5.91 Å². The van der Waals surface area contributed by atoms with E-state index < -0.39 is 0 Å². The van der Waals surface area contributed by atoms with Crippen molar-refractivity contribution in [3.05, 3.63) is 64.7 Å². The van der Waals surface area contributed by atoms with E-state index in [1.54, 1.807) is 7.11 Å². The van der Waals surface area contributed by atoms with E-state index in [1.165, 1.54) is 22.3 Å². The Hall–Kier alpha value is -2.33. The number of rotatable bonds is 6. The standard InChI is InChI=1S/C23H30N2O2/c1-17-7-8-20(18(2)14-17)15-24(3)23(26)16-25-13-5-6-22(25)19-9-11-21(27-4)12-10-19/h7-12,14,22H,5-6,13,15-16H2,1-4H3. The maximum absolute atomic E-state index is 12.8. The monoisotopic (exact) mass is 366 g/mol. The SMILES string of the molecule is COc1ccc(C2CCCN2CC(=O)N(C)Cc2ccc(C)cc2C)cc1. The fourth-order valence-corrected chi connectivity index (χ4v) is 3.88.